The molecule has 0 radical (unpaired) electrons. The SMILES string of the molecule is FC(F)(F)c1ccc2c(c1)OC(CCl)OC2.OCc1ccc(C(F)(F)F)cc1O. The van der Waals surface area contributed by atoms with Crippen molar-refractivity contribution in [3.8, 4) is 11.5 Å². The maximum Gasteiger partial charge on any atom is 0.416 e. The average molecular weight is 445 g/mol. The Kier molecular flexibility index (Phi) is 7.25. The van der Waals surface area contributed by atoms with Crippen LogP contribution in [0.5, 0.6) is 11.5 Å². The number of aliphatic hydroxyl groups excluding tert-OH is 1. The summed E-state index contributed by atoms with van der Waals surface area (Å²) in [5.74, 6) is -0.278. The molecule has 0 amide bonds. The highest BCUT2D eigenvalue weighted by Crippen LogP contribution is 2.35. The van der Waals surface area contributed by atoms with Gasteiger partial charge in [-0.1, -0.05) is 12.1 Å². The summed E-state index contributed by atoms with van der Waals surface area (Å²) in [6, 6.07) is 5.77. The molecule has 1 aliphatic heterocycles. The van der Waals surface area contributed by atoms with Gasteiger partial charge in [0, 0.05) is 11.1 Å². The summed E-state index contributed by atoms with van der Waals surface area (Å²) in [5.41, 5.74) is -0.994. The predicted molar refractivity (Wildman–Crippen MR) is 90.4 cm³/mol. The number of hydrogen-bond acceptors (Lipinski definition) is 4. The van der Waals surface area contributed by atoms with E-state index in [0.29, 0.717) is 11.6 Å². The maximum atomic E-state index is 12.4. The van der Waals surface area contributed by atoms with E-state index in [1.165, 1.54) is 6.07 Å². The van der Waals surface area contributed by atoms with Crippen molar-refractivity contribution in [3.05, 3.63) is 58.7 Å². The number of benzene rings is 2. The van der Waals surface area contributed by atoms with Gasteiger partial charge in [0.1, 0.15) is 11.5 Å². The van der Waals surface area contributed by atoms with E-state index in [9.17, 15) is 26.3 Å². The fourth-order valence-corrected chi connectivity index (χ4v) is 2.42. The minimum absolute atomic E-state index is 0.0769. The van der Waals surface area contributed by atoms with E-state index < -0.39 is 42.1 Å². The van der Waals surface area contributed by atoms with Crippen molar-refractivity contribution in [1.29, 1.82) is 0 Å². The summed E-state index contributed by atoms with van der Waals surface area (Å²) in [4.78, 5) is 0. The fourth-order valence-electron chi connectivity index (χ4n) is 2.27. The van der Waals surface area contributed by atoms with Crippen molar-refractivity contribution >= 4 is 11.6 Å². The molecule has 11 heteroatoms. The molecule has 1 heterocycles. The van der Waals surface area contributed by atoms with Crippen molar-refractivity contribution in [2.75, 3.05) is 5.88 Å². The third kappa shape index (κ3) is 6.15. The van der Waals surface area contributed by atoms with Gasteiger partial charge in [0.25, 0.3) is 0 Å². The van der Waals surface area contributed by atoms with Crippen molar-refractivity contribution in [2.45, 2.75) is 31.9 Å². The molecule has 0 fully saturated rings. The Hall–Kier alpha value is -2.17. The first-order valence-electron chi connectivity index (χ1n) is 8.00. The zero-order valence-corrected chi connectivity index (χ0v) is 15.3. The average Bonchev–Trinajstić information content (AvgIpc) is 2.66. The van der Waals surface area contributed by atoms with Crippen LogP contribution in [0, 0.1) is 0 Å². The van der Waals surface area contributed by atoms with Crippen LogP contribution in [0.25, 0.3) is 0 Å². The van der Waals surface area contributed by atoms with E-state index in [4.69, 9.17) is 31.3 Å². The summed E-state index contributed by atoms with van der Waals surface area (Å²) in [6.07, 6.45) is -9.52. The first kappa shape index (κ1) is 23.1. The van der Waals surface area contributed by atoms with E-state index in [-0.39, 0.29) is 23.8 Å². The molecule has 3 rings (SSSR count). The van der Waals surface area contributed by atoms with Crippen LogP contribution < -0.4 is 4.74 Å². The lowest BCUT2D eigenvalue weighted by atomic mass is 10.1. The highest BCUT2D eigenvalue weighted by atomic mass is 35.5. The zero-order valence-electron chi connectivity index (χ0n) is 14.5. The van der Waals surface area contributed by atoms with Crippen molar-refractivity contribution in [3.63, 3.8) is 0 Å². The molecular formula is C18H15ClF6O4. The molecule has 1 atom stereocenters. The Morgan fingerprint density at radius 3 is 2.07 bits per heavy atom. The Morgan fingerprint density at radius 1 is 0.966 bits per heavy atom. The van der Waals surface area contributed by atoms with Gasteiger partial charge >= 0.3 is 12.4 Å². The van der Waals surface area contributed by atoms with Gasteiger partial charge in [-0.2, -0.15) is 26.3 Å². The quantitative estimate of drug-likeness (QED) is 0.501. The number of alkyl halides is 7. The lowest BCUT2D eigenvalue weighted by molar-refractivity contribution is -0.139. The Bertz CT molecular complexity index is 838. The van der Waals surface area contributed by atoms with Crippen LogP contribution in [0.4, 0.5) is 26.3 Å². The summed E-state index contributed by atoms with van der Waals surface area (Å²) in [7, 11) is 0. The number of phenols is 1. The molecule has 4 nitrogen and oxygen atoms in total. The Morgan fingerprint density at radius 2 is 1.55 bits per heavy atom. The van der Waals surface area contributed by atoms with Gasteiger partial charge in [-0.3, -0.25) is 0 Å². The van der Waals surface area contributed by atoms with Gasteiger partial charge < -0.3 is 19.7 Å². The molecule has 0 aliphatic carbocycles. The van der Waals surface area contributed by atoms with Crippen LogP contribution in [0.15, 0.2) is 36.4 Å². The molecular weight excluding hydrogens is 430 g/mol. The highest BCUT2D eigenvalue weighted by Gasteiger charge is 2.32. The number of aliphatic hydroxyl groups is 1. The molecule has 0 saturated heterocycles. The monoisotopic (exact) mass is 444 g/mol. The first-order chi connectivity index (χ1) is 13.5. The molecule has 2 aromatic carbocycles. The van der Waals surface area contributed by atoms with Gasteiger partial charge in [0.05, 0.1) is 30.2 Å². The van der Waals surface area contributed by atoms with Gasteiger partial charge in [-0.15, -0.1) is 11.6 Å². The highest BCUT2D eigenvalue weighted by molar-refractivity contribution is 6.18. The normalized spacial score (nSPS) is 16.3. The van der Waals surface area contributed by atoms with Gasteiger partial charge in [0.15, 0.2) is 0 Å². The molecule has 160 valence electrons. The van der Waals surface area contributed by atoms with E-state index in [2.05, 4.69) is 0 Å². The molecule has 2 N–H and O–H groups in total. The lowest BCUT2D eigenvalue weighted by Crippen LogP contribution is -2.27. The van der Waals surface area contributed by atoms with E-state index in [0.717, 1.165) is 24.3 Å². The standard InChI is InChI=1S/C10H8ClF3O2.C8H7F3O2/c11-4-9-15-5-6-1-2-7(10(12,13)14)3-8(6)16-9;9-8(10,11)6-2-1-5(4-12)7(13)3-6/h1-3,9H,4-5H2;1-3,12-13H,4H2. The third-order valence-electron chi connectivity index (χ3n) is 3.79. The minimum atomic E-state index is -4.47. The summed E-state index contributed by atoms with van der Waals surface area (Å²) in [6.45, 7) is -0.269. The molecule has 0 spiro atoms. The van der Waals surface area contributed by atoms with Gasteiger partial charge in [-0.05, 0) is 24.3 Å². The number of fused-ring (bicyclic) bond motifs is 1. The minimum Gasteiger partial charge on any atom is -0.508 e. The third-order valence-corrected chi connectivity index (χ3v) is 4.04. The predicted octanol–water partition coefficient (Wildman–Crippen LogP) is 5.08. The summed E-state index contributed by atoms with van der Waals surface area (Å²) < 4.78 is 83.7. The number of ether oxygens (including phenoxy) is 2. The van der Waals surface area contributed by atoms with E-state index in [1.54, 1.807) is 0 Å². The Labute approximate surface area is 166 Å². The van der Waals surface area contributed by atoms with Crippen LogP contribution in [0.2, 0.25) is 0 Å². The Balaban J connectivity index is 0.000000212. The molecule has 0 aromatic heterocycles. The number of halogens is 7. The largest absolute Gasteiger partial charge is 0.508 e. The van der Waals surface area contributed by atoms with Gasteiger partial charge in [-0.25, -0.2) is 0 Å². The second-order valence-corrected chi connectivity index (χ2v) is 6.14. The second-order valence-electron chi connectivity index (χ2n) is 5.83. The van der Waals surface area contributed by atoms with Crippen molar-refractivity contribution in [2.24, 2.45) is 0 Å². The molecule has 2 aromatic rings. The smallest absolute Gasteiger partial charge is 0.416 e. The van der Waals surface area contributed by atoms with Crippen LogP contribution in [-0.2, 0) is 30.3 Å². The fraction of sp³-hybridized carbons (Fsp3) is 0.333. The molecule has 0 bridgehead atoms. The maximum absolute atomic E-state index is 12.4. The number of hydrogen-bond donors (Lipinski definition) is 2. The van der Waals surface area contributed by atoms with Crippen molar-refractivity contribution < 1.29 is 46.0 Å². The lowest BCUT2D eigenvalue weighted by Gasteiger charge is -2.25. The van der Waals surface area contributed by atoms with E-state index >= 15 is 0 Å². The van der Waals surface area contributed by atoms with E-state index in [1.807, 2.05) is 0 Å². The van der Waals surface area contributed by atoms with Crippen LogP contribution >= 0.6 is 11.6 Å². The second kappa shape index (κ2) is 9.10. The number of rotatable bonds is 2. The van der Waals surface area contributed by atoms with Crippen molar-refractivity contribution in [1.82, 2.24) is 0 Å². The molecule has 29 heavy (non-hydrogen) atoms. The van der Waals surface area contributed by atoms with Crippen LogP contribution in [-0.4, -0.2) is 22.4 Å². The molecule has 0 saturated carbocycles. The number of aromatic hydroxyl groups is 1. The van der Waals surface area contributed by atoms with Crippen LogP contribution in [0.3, 0.4) is 0 Å². The summed E-state index contributed by atoms with van der Waals surface area (Å²) >= 11 is 5.50. The zero-order chi connectivity index (χ0) is 21.8. The molecule has 1 aliphatic rings. The summed E-state index contributed by atoms with van der Waals surface area (Å²) in [5, 5.41) is 17.6. The van der Waals surface area contributed by atoms with Crippen LogP contribution in [0.1, 0.15) is 22.3 Å². The first-order valence-corrected chi connectivity index (χ1v) is 8.53. The molecule has 1 unspecified atom stereocenters. The van der Waals surface area contributed by atoms with Gasteiger partial charge in [0.2, 0.25) is 6.29 Å². The topological polar surface area (TPSA) is 58.9 Å².